The van der Waals surface area contributed by atoms with E-state index in [0.29, 0.717) is 25.8 Å². The van der Waals surface area contributed by atoms with Crippen molar-refractivity contribution in [3.05, 3.63) is 62.7 Å². The predicted molar refractivity (Wildman–Crippen MR) is 118 cm³/mol. The summed E-state index contributed by atoms with van der Waals surface area (Å²) in [5.41, 5.74) is 9.81. The maximum absolute atomic E-state index is 13.0. The number of amides is 1. The largest absolute Gasteiger partial charge is 0.506 e. The number of nitrogens with two attached hydrogens (primary N) is 1. The van der Waals surface area contributed by atoms with Gasteiger partial charge in [0.25, 0.3) is 5.91 Å². The average molecular weight is 548 g/mol. The number of carbonyl (C=O) groups excluding carboxylic acids is 1. The highest BCUT2D eigenvalue weighted by Crippen LogP contribution is 2.32. The van der Waals surface area contributed by atoms with Gasteiger partial charge in [0.05, 0.1) is 15.2 Å². The lowest BCUT2D eigenvalue weighted by Crippen LogP contribution is -2.22. The van der Waals surface area contributed by atoms with Crippen LogP contribution in [0.1, 0.15) is 16.1 Å². The molecule has 0 atom stereocenters. The van der Waals surface area contributed by atoms with Crippen LogP contribution in [0.15, 0.2) is 61.1 Å². The summed E-state index contributed by atoms with van der Waals surface area (Å²) in [5, 5.41) is 29.1. The third-order valence-corrected chi connectivity index (χ3v) is 5.26. The first-order valence-corrected chi connectivity index (χ1v) is 10.1. The molecule has 156 valence electrons. The number of nitrogen functional groups attached to an aromatic ring is 1. The third-order valence-electron chi connectivity index (χ3n) is 4.05. The van der Waals surface area contributed by atoms with Gasteiger partial charge >= 0.3 is 0 Å². The van der Waals surface area contributed by atoms with Gasteiger partial charge in [-0.1, -0.05) is 35.5 Å². The van der Waals surface area contributed by atoms with Gasteiger partial charge < -0.3 is 10.8 Å². The van der Waals surface area contributed by atoms with Crippen LogP contribution in [0.4, 0.5) is 5.82 Å². The predicted octanol–water partition coefficient (Wildman–Crippen LogP) is 2.89. The number of nitrogens with one attached hydrogen (secondary N) is 1. The fraction of sp³-hybridized carbons (Fsp3) is 0. The highest BCUT2D eigenvalue weighted by Gasteiger charge is 2.25. The Morgan fingerprint density at radius 3 is 2.55 bits per heavy atom. The summed E-state index contributed by atoms with van der Waals surface area (Å²) in [7, 11) is 0. The van der Waals surface area contributed by atoms with Crippen LogP contribution in [0.5, 0.6) is 5.75 Å². The first kappa shape index (κ1) is 20.7. The molecule has 4 aromatic rings. The highest BCUT2D eigenvalue weighted by molar-refractivity contribution is 9.11. The molecule has 2 aromatic carbocycles. The van der Waals surface area contributed by atoms with Crippen molar-refractivity contribution >= 4 is 49.8 Å². The van der Waals surface area contributed by atoms with Crippen LogP contribution < -0.4 is 11.2 Å². The number of anilines is 1. The molecule has 0 radical (unpaired) electrons. The zero-order valence-electron chi connectivity index (χ0n) is 15.4. The molecular formula is C18H12Br2N8O3. The molecule has 13 heteroatoms. The van der Waals surface area contributed by atoms with E-state index < -0.39 is 5.91 Å². The SMILES string of the molecule is Nc1nonc1-n1nnc(-c2ccccc2)c1C(=O)N/N=C/c1cc(Br)c(O)c(Br)c1. The highest BCUT2D eigenvalue weighted by atomic mass is 79.9. The lowest BCUT2D eigenvalue weighted by molar-refractivity contribution is 0.0948. The summed E-state index contributed by atoms with van der Waals surface area (Å²) in [6, 6.07) is 12.3. The molecular weight excluding hydrogens is 536 g/mol. The van der Waals surface area contributed by atoms with Crippen molar-refractivity contribution in [2.24, 2.45) is 5.10 Å². The normalized spacial score (nSPS) is 11.2. The number of phenols is 1. The number of benzene rings is 2. The Balaban J connectivity index is 1.68. The Morgan fingerprint density at radius 1 is 1.19 bits per heavy atom. The molecule has 0 unspecified atom stereocenters. The number of hydrogen-bond donors (Lipinski definition) is 3. The number of aromatic hydroxyl groups is 1. The van der Waals surface area contributed by atoms with Gasteiger partial charge in [-0.3, -0.25) is 4.79 Å². The van der Waals surface area contributed by atoms with Crippen molar-refractivity contribution in [2.75, 3.05) is 5.73 Å². The van der Waals surface area contributed by atoms with E-state index in [2.05, 4.69) is 67.6 Å². The zero-order chi connectivity index (χ0) is 22.0. The molecule has 1 amide bonds. The molecule has 4 N–H and O–H groups in total. The number of nitrogens with zero attached hydrogens (tertiary/aromatic N) is 6. The fourth-order valence-corrected chi connectivity index (χ4v) is 3.86. The molecule has 4 rings (SSSR count). The second-order valence-electron chi connectivity index (χ2n) is 6.07. The van der Waals surface area contributed by atoms with E-state index in [1.54, 1.807) is 36.4 Å². The van der Waals surface area contributed by atoms with Crippen LogP contribution in [0.25, 0.3) is 17.1 Å². The average Bonchev–Trinajstić information content (AvgIpc) is 3.38. The maximum Gasteiger partial charge on any atom is 0.292 e. The number of phenolic OH excluding ortho intramolecular Hbond substituents is 1. The molecule has 11 nitrogen and oxygen atoms in total. The van der Waals surface area contributed by atoms with Crippen LogP contribution in [0.2, 0.25) is 0 Å². The van der Waals surface area contributed by atoms with Crippen LogP contribution in [-0.2, 0) is 0 Å². The van der Waals surface area contributed by atoms with E-state index in [1.807, 2.05) is 6.07 Å². The van der Waals surface area contributed by atoms with Crippen molar-refractivity contribution < 1.29 is 14.5 Å². The number of hydrazone groups is 1. The molecule has 0 spiro atoms. The minimum absolute atomic E-state index is 0.0233. The van der Waals surface area contributed by atoms with Gasteiger partial charge in [-0.05, 0) is 59.9 Å². The Labute approximate surface area is 191 Å². The fourth-order valence-electron chi connectivity index (χ4n) is 2.64. The molecule has 0 bridgehead atoms. The molecule has 0 saturated heterocycles. The number of hydrogen-bond acceptors (Lipinski definition) is 9. The number of carbonyl (C=O) groups is 1. The molecule has 0 aliphatic rings. The third kappa shape index (κ3) is 4.18. The number of halogens is 2. The van der Waals surface area contributed by atoms with Crippen LogP contribution in [0.3, 0.4) is 0 Å². The molecule has 0 saturated carbocycles. The van der Waals surface area contributed by atoms with E-state index in [0.717, 1.165) is 4.68 Å². The van der Waals surface area contributed by atoms with E-state index in [1.165, 1.54) is 6.21 Å². The summed E-state index contributed by atoms with van der Waals surface area (Å²) in [4.78, 5) is 13.0. The Bertz CT molecular complexity index is 1260. The summed E-state index contributed by atoms with van der Waals surface area (Å²) in [6.45, 7) is 0. The van der Waals surface area contributed by atoms with Crippen molar-refractivity contribution in [3.8, 4) is 22.8 Å². The van der Waals surface area contributed by atoms with Gasteiger partial charge in [-0.2, -0.15) is 9.78 Å². The van der Waals surface area contributed by atoms with Gasteiger partial charge in [0.15, 0.2) is 5.69 Å². The molecule has 31 heavy (non-hydrogen) atoms. The summed E-state index contributed by atoms with van der Waals surface area (Å²) < 4.78 is 6.69. The Kier molecular flexibility index (Phi) is 5.77. The summed E-state index contributed by atoms with van der Waals surface area (Å²) in [6.07, 6.45) is 1.41. The lowest BCUT2D eigenvalue weighted by atomic mass is 10.1. The lowest BCUT2D eigenvalue weighted by Gasteiger charge is -2.05. The first-order valence-electron chi connectivity index (χ1n) is 8.56. The summed E-state index contributed by atoms with van der Waals surface area (Å²) >= 11 is 6.48. The van der Waals surface area contributed by atoms with E-state index in [-0.39, 0.29) is 23.1 Å². The minimum atomic E-state index is -0.612. The quantitative estimate of drug-likeness (QED) is 0.254. The molecule has 2 aromatic heterocycles. The van der Waals surface area contributed by atoms with Crippen LogP contribution in [-0.4, -0.2) is 42.5 Å². The van der Waals surface area contributed by atoms with E-state index in [4.69, 9.17) is 5.73 Å². The first-order chi connectivity index (χ1) is 15.0. The van der Waals surface area contributed by atoms with Gasteiger partial charge in [-0.25, -0.2) is 10.1 Å². The van der Waals surface area contributed by atoms with Gasteiger partial charge in [0.2, 0.25) is 11.6 Å². The van der Waals surface area contributed by atoms with Crippen LogP contribution in [0, 0.1) is 0 Å². The standard InChI is InChI=1S/C18H12Br2N8O3/c19-11-6-9(7-12(20)15(11)29)8-22-24-18(30)14-13(10-4-2-1-3-5-10)23-27-28(14)17-16(21)25-31-26-17/h1-8,29H,(H2,21,25)(H,24,30)/b22-8+. The Hall–Kier alpha value is -3.58. The smallest absolute Gasteiger partial charge is 0.292 e. The van der Waals surface area contributed by atoms with Gasteiger partial charge in [-0.15, -0.1) is 5.10 Å². The van der Waals surface area contributed by atoms with Crippen LogP contribution >= 0.6 is 31.9 Å². The monoisotopic (exact) mass is 546 g/mol. The van der Waals surface area contributed by atoms with Crippen molar-refractivity contribution in [2.45, 2.75) is 0 Å². The minimum Gasteiger partial charge on any atom is -0.506 e. The number of rotatable bonds is 5. The zero-order valence-corrected chi connectivity index (χ0v) is 18.6. The topological polar surface area (TPSA) is 157 Å². The Morgan fingerprint density at radius 2 is 1.90 bits per heavy atom. The van der Waals surface area contributed by atoms with Gasteiger partial charge in [0, 0.05) is 5.56 Å². The molecule has 0 fully saturated rings. The summed E-state index contributed by atoms with van der Waals surface area (Å²) in [5.74, 6) is -0.585. The molecule has 0 aliphatic carbocycles. The molecule has 2 heterocycles. The second-order valence-corrected chi connectivity index (χ2v) is 7.78. The van der Waals surface area contributed by atoms with Crippen molar-refractivity contribution in [1.29, 1.82) is 0 Å². The molecule has 0 aliphatic heterocycles. The second kappa shape index (κ2) is 8.65. The van der Waals surface area contributed by atoms with E-state index in [9.17, 15) is 9.90 Å². The van der Waals surface area contributed by atoms with Crippen molar-refractivity contribution in [3.63, 3.8) is 0 Å². The van der Waals surface area contributed by atoms with Gasteiger partial charge in [0.1, 0.15) is 11.4 Å². The van der Waals surface area contributed by atoms with E-state index >= 15 is 0 Å². The number of aromatic nitrogens is 5. The maximum atomic E-state index is 13.0. The van der Waals surface area contributed by atoms with Crippen molar-refractivity contribution in [1.82, 2.24) is 30.7 Å².